The number of non-ortho nitro benzene ring substituents is 1. The summed E-state index contributed by atoms with van der Waals surface area (Å²) < 4.78 is 31.6. The van der Waals surface area contributed by atoms with Crippen molar-refractivity contribution >= 4 is 43.2 Å². The van der Waals surface area contributed by atoms with E-state index in [0.717, 1.165) is 11.3 Å². The fraction of sp³-hybridized carbons (Fsp3) is 0.529. The Bertz CT molecular complexity index is 1030. The Morgan fingerprint density at radius 2 is 2.14 bits per heavy atom. The van der Waals surface area contributed by atoms with E-state index < -0.39 is 32.5 Å². The molecule has 1 fully saturated rings. The van der Waals surface area contributed by atoms with E-state index in [4.69, 9.17) is 4.74 Å². The number of ether oxygens (including phenoxy) is 1. The summed E-state index contributed by atoms with van der Waals surface area (Å²) in [4.78, 5) is 28.3. The van der Waals surface area contributed by atoms with Crippen molar-refractivity contribution in [2.75, 3.05) is 12.3 Å². The van der Waals surface area contributed by atoms with Gasteiger partial charge < -0.3 is 9.64 Å². The van der Waals surface area contributed by atoms with E-state index in [1.807, 2.05) is 0 Å². The van der Waals surface area contributed by atoms with E-state index in [-0.39, 0.29) is 21.3 Å². The second-order valence-electron chi connectivity index (χ2n) is 7.64. The molecule has 0 bridgehead atoms. The Hall–Kier alpha value is -2.27. The van der Waals surface area contributed by atoms with Gasteiger partial charge in [0, 0.05) is 24.7 Å². The van der Waals surface area contributed by atoms with Crippen LogP contribution in [0.3, 0.4) is 0 Å². The van der Waals surface area contributed by atoms with E-state index in [1.54, 1.807) is 20.8 Å². The molecule has 0 aliphatic carbocycles. The van der Waals surface area contributed by atoms with E-state index in [9.17, 15) is 23.3 Å². The highest BCUT2D eigenvalue weighted by Crippen LogP contribution is 2.31. The van der Waals surface area contributed by atoms with Crippen molar-refractivity contribution in [1.29, 1.82) is 0 Å². The van der Waals surface area contributed by atoms with Crippen LogP contribution >= 0.6 is 11.3 Å². The van der Waals surface area contributed by atoms with Crippen LogP contribution in [0.4, 0.5) is 10.5 Å². The Kier molecular flexibility index (Phi) is 5.32. The van der Waals surface area contributed by atoms with Crippen LogP contribution in [0.1, 0.15) is 33.6 Å². The molecule has 0 spiro atoms. The molecule has 28 heavy (non-hydrogen) atoms. The molecule has 3 rings (SSSR count). The minimum absolute atomic E-state index is 0.0981. The summed E-state index contributed by atoms with van der Waals surface area (Å²) in [5, 5.41) is 10.9. The van der Waals surface area contributed by atoms with Gasteiger partial charge in [-0.3, -0.25) is 10.1 Å². The predicted molar refractivity (Wildman–Crippen MR) is 104 cm³/mol. The molecule has 0 radical (unpaired) electrons. The quantitative estimate of drug-likeness (QED) is 0.542. The molecule has 0 saturated carbocycles. The monoisotopic (exact) mass is 427 g/mol. The van der Waals surface area contributed by atoms with Crippen molar-refractivity contribution in [2.45, 2.75) is 49.6 Å². The van der Waals surface area contributed by atoms with Crippen LogP contribution in [0.5, 0.6) is 0 Å². The number of fused-ring (bicyclic) bond motifs is 1. The third kappa shape index (κ3) is 4.41. The molecule has 1 aromatic heterocycles. The lowest BCUT2D eigenvalue weighted by molar-refractivity contribution is -0.384. The number of carbonyl (C=O) groups excluding carboxylic acids is 1. The number of hydrogen-bond donors (Lipinski definition) is 0. The molecule has 0 N–H and O–H groups in total. The van der Waals surface area contributed by atoms with Crippen molar-refractivity contribution in [3.05, 3.63) is 28.3 Å². The largest absolute Gasteiger partial charge is 0.444 e. The number of thiazole rings is 1. The first kappa shape index (κ1) is 20.5. The molecule has 152 valence electrons. The molecule has 1 aliphatic rings. The molecule has 1 aliphatic heterocycles. The van der Waals surface area contributed by atoms with E-state index in [2.05, 4.69) is 4.98 Å². The normalized spacial score (nSPS) is 17.8. The maximum atomic E-state index is 12.9. The Morgan fingerprint density at radius 1 is 1.43 bits per heavy atom. The summed E-state index contributed by atoms with van der Waals surface area (Å²) in [5.41, 5.74) is -0.535. The molecule has 11 heteroatoms. The first-order chi connectivity index (χ1) is 13.0. The standard InChI is InChI=1S/C17H21N3O6S2/c1-17(2,3)26-16(21)19-8-4-5-12(19)10-28(24,25)15-18-13-9-11(20(22)23)6-7-14(13)27-15/h6-7,9,12H,4-5,8,10H2,1-3H3. The van der Waals surface area contributed by atoms with E-state index in [1.165, 1.54) is 23.1 Å². The first-order valence-electron chi connectivity index (χ1n) is 8.74. The highest BCUT2D eigenvalue weighted by atomic mass is 32.2. The smallest absolute Gasteiger partial charge is 0.410 e. The number of amides is 1. The van der Waals surface area contributed by atoms with Crippen LogP contribution in [0.2, 0.25) is 0 Å². The molecular weight excluding hydrogens is 406 g/mol. The number of aromatic nitrogens is 1. The Morgan fingerprint density at radius 3 is 2.79 bits per heavy atom. The van der Waals surface area contributed by atoms with Gasteiger partial charge in [0.25, 0.3) is 5.69 Å². The number of likely N-dealkylation sites (tertiary alicyclic amines) is 1. The molecule has 9 nitrogen and oxygen atoms in total. The lowest BCUT2D eigenvalue weighted by Crippen LogP contribution is -2.42. The molecule has 1 amide bonds. The highest BCUT2D eigenvalue weighted by molar-refractivity contribution is 7.93. The van der Waals surface area contributed by atoms with Crippen LogP contribution in [0, 0.1) is 10.1 Å². The first-order valence-corrected chi connectivity index (χ1v) is 11.2. The molecule has 1 unspecified atom stereocenters. The van der Waals surface area contributed by atoms with Gasteiger partial charge in [0.1, 0.15) is 5.60 Å². The van der Waals surface area contributed by atoms with Crippen LogP contribution in [-0.2, 0) is 14.6 Å². The van der Waals surface area contributed by atoms with Gasteiger partial charge in [0.15, 0.2) is 0 Å². The van der Waals surface area contributed by atoms with E-state index >= 15 is 0 Å². The number of nitro groups is 1. The molecule has 1 atom stereocenters. The van der Waals surface area contributed by atoms with Gasteiger partial charge >= 0.3 is 6.09 Å². The summed E-state index contributed by atoms with van der Waals surface area (Å²) in [6.07, 6.45) is 0.741. The SMILES string of the molecule is CC(C)(C)OC(=O)N1CCCC1CS(=O)(=O)c1nc2cc([N+](=O)[O-])ccc2s1. The van der Waals surface area contributed by atoms with Crippen molar-refractivity contribution in [2.24, 2.45) is 0 Å². The maximum absolute atomic E-state index is 12.9. The molecule has 2 aromatic rings. The number of nitrogens with zero attached hydrogens (tertiary/aromatic N) is 3. The zero-order chi connectivity index (χ0) is 20.7. The minimum atomic E-state index is -3.76. The third-order valence-corrected chi connectivity index (χ3v) is 7.54. The average molecular weight is 428 g/mol. The number of benzene rings is 1. The van der Waals surface area contributed by atoms with Gasteiger partial charge in [-0.2, -0.15) is 0 Å². The fourth-order valence-corrected chi connectivity index (χ4v) is 5.93. The summed E-state index contributed by atoms with van der Waals surface area (Å²) in [6, 6.07) is 3.58. The summed E-state index contributed by atoms with van der Waals surface area (Å²) in [5.74, 6) is -0.256. The number of rotatable bonds is 4. The summed E-state index contributed by atoms with van der Waals surface area (Å²) in [6.45, 7) is 5.72. The maximum Gasteiger partial charge on any atom is 0.410 e. The second kappa shape index (κ2) is 7.28. The topological polar surface area (TPSA) is 120 Å². The van der Waals surface area contributed by atoms with Gasteiger partial charge in [0.05, 0.1) is 20.9 Å². The number of hydrogen-bond acceptors (Lipinski definition) is 8. The predicted octanol–water partition coefficient (Wildman–Crippen LogP) is 3.38. The fourth-order valence-electron chi connectivity index (χ4n) is 3.04. The number of sulfone groups is 1. The van der Waals surface area contributed by atoms with Crippen molar-refractivity contribution in [3.63, 3.8) is 0 Å². The Labute approximate surface area is 166 Å². The van der Waals surface area contributed by atoms with Gasteiger partial charge in [-0.15, -0.1) is 11.3 Å². The van der Waals surface area contributed by atoms with Crippen LogP contribution in [-0.4, -0.2) is 53.3 Å². The van der Waals surface area contributed by atoms with Gasteiger partial charge in [-0.05, 0) is 39.7 Å². The van der Waals surface area contributed by atoms with Crippen LogP contribution in [0.25, 0.3) is 10.2 Å². The molecule has 1 aromatic carbocycles. The molecule has 1 saturated heterocycles. The van der Waals surface area contributed by atoms with Crippen molar-refractivity contribution in [1.82, 2.24) is 9.88 Å². The summed E-state index contributed by atoms with van der Waals surface area (Å²) >= 11 is 0.971. The molecule has 2 heterocycles. The number of carbonyl (C=O) groups is 1. The van der Waals surface area contributed by atoms with Crippen LogP contribution < -0.4 is 0 Å². The third-order valence-electron chi connectivity index (χ3n) is 4.25. The highest BCUT2D eigenvalue weighted by Gasteiger charge is 2.36. The van der Waals surface area contributed by atoms with Crippen molar-refractivity contribution in [3.8, 4) is 0 Å². The van der Waals surface area contributed by atoms with Gasteiger partial charge in [-0.25, -0.2) is 18.2 Å². The van der Waals surface area contributed by atoms with Crippen LogP contribution in [0.15, 0.2) is 22.5 Å². The second-order valence-corrected chi connectivity index (χ2v) is 10.9. The zero-order valence-corrected chi connectivity index (χ0v) is 17.4. The lowest BCUT2D eigenvalue weighted by atomic mass is 10.2. The average Bonchev–Trinajstić information content (AvgIpc) is 3.18. The van der Waals surface area contributed by atoms with Crippen molar-refractivity contribution < 1.29 is 22.9 Å². The lowest BCUT2D eigenvalue weighted by Gasteiger charge is -2.28. The van der Waals surface area contributed by atoms with Gasteiger partial charge in [-0.1, -0.05) is 0 Å². The number of nitro benzene ring substituents is 1. The Balaban J connectivity index is 1.82. The molecular formula is C17H21N3O6S2. The summed E-state index contributed by atoms with van der Waals surface area (Å²) in [7, 11) is -3.76. The minimum Gasteiger partial charge on any atom is -0.444 e. The van der Waals surface area contributed by atoms with E-state index in [0.29, 0.717) is 24.1 Å². The van der Waals surface area contributed by atoms with Gasteiger partial charge in [0.2, 0.25) is 14.2 Å². The zero-order valence-electron chi connectivity index (χ0n) is 15.7.